The van der Waals surface area contributed by atoms with Gasteiger partial charge in [-0.25, -0.2) is 0 Å². The number of nitriles is 1. The maximum atomic E-state index is 10.1. The third kappa shape index (κ3) is 7.34. The van der Waals surface area contributed by atoms with Gasteiger partial charge in [0.2, 0.25) is 0 Å². The number of nitrogens with zero attached hydrogens (tertiary/aromatic N) is 1. The molecule has 0 aliphatic heterocycles. The van der Waals surface area contributed by atoms with Crippen molar-refractivity contribution in [1.82, 2.24) is 0 Å². The lowest BCUT2D eigenvalue weighted by Gasteiger charge is -2.46. The van der Waals surface area contributed by atoms with Gasteiger partial charge in [0, 0.05) is 0 Å². The summed E-state index contributed by atoms with van der Waals surface area (Å²) < 4.78 is 0. The van der Waals surface area contributed by atoms with E-state index < -0.39 is 0 Å². The van der Waals surface area contributed by atoms with Gasteiger partial charge in [-0.15, -0.1) is 0 Å². The molecule has 0 amide bonds. The van der Waals surface area contributed by atoms with Crippen LogP contribution in [0.3, 0.4) is 0 Å². The Kier molecular flexibility index (Phi) is 11.0. The Labute approximate surface area is 210 Å². The van der Waals surface area contributed by atoms with Crippen LogP contribution < -0.4 is 0 Å². The fraction of sp³-hybridized carbons (Fsp3) is 0.667. The Morgan fingerprint density at radius 1 is 0.824 bits per heavy atom. The highest BCUT2D eigenvalue weighted by Crippen LogP contribution is 2.53. The Morgan fingerprint density at radius 3 is 2.06 bits per heavy atom. The van der Waals surface area contributed by atoms with Crippen LogP contribution in [-0.2, 0) is 0 Å². The van der Waals surface area contributed by atoms with Gasteiger partial charge in [0.25, 0.3) is 0 Å². The van der Waals surface area contributed by atoms with Gasteiger partial charge in [-0.05, 0) is 67.4 Å². The minimum atomic E-state index is -0.0466. The summed E-state index contributed by atoms with van der Waals surface area (Å²) >= 11 is 0. The molecule has 0 aromatic heterocycles. The third-order valence-electron chi connectivity index (χ3n) is 8.90. The van der Waals surface area contributed by atoms with Crippen molar-refractivity contribution in [3.05, 3.63) is 54.1 Å². The van der Waals surface area contributed by atoms with Gasteiger partial charge < -0.3 is 0 Å². The quantitative estimate of drug-likeness (QED) is 0.254. The highest BCUT2D eigenvalue weighted by atomic mass is 14.5. The predicted molar refractivity (Wildman–Crippen MR) is 147 cm³/mol. The Balaban J connectivity index is 1.64. The molecule has 1 aromatic carbocycles. The van der Waals surface area contributed by atoms with Crippen molar-refractivity contribution in [2.45, 2.75) is 123 Å². The molecule has 2 aliphatic carbocycles. The summed E-state index contributed by atoms with van der Waals surface area (Å²) in [7, 11) is 0. The molecule has 0 heterocycles. The third-order valence-corrected chi connectivity index (χ3v) is 8.90. The second-order valence-electron chi connectivity index (χ2n) is 11.3. The van der Waals surface area contributed by atoms with Crippen LogP contribution in [0.4, 0.5) is 0 Å². The average molecular weight is 460 g/mol. The molecular weight excluding hydrogens is 410 g/mol. The molecule has 1 heteroatoms. The molecule has 0 N–H and O–H groups in total. The zero-order valence-corrected chi connectivity index (χ0v) is 22.2. The summed E-state index contributed by atoms with van der Waals surface area (Å²) in [6.45, 7) is 4.57. The van der Waals surface area contributed by atoms with Crippen LogP contribution in [-0.4, -0.2) is 0 Å². The van der Waals surface area contributed by atoms with Gasteiger partial charge in [0.15, 0.2) is 0 Å². The summed E-state index contributed by atoms with van der Waals surface area (Å²) in [6, 6.07) is 13.7. The van der Waals surface area contributed by atoms with E-state index in [1.54, 1.807) is 0 Å². The van der Waals surface area contributed by atoms with Crippen molar-refractivity contribution in [3.8, 4) is 6.07 Å². The minimum Gasteiger partial charge on any atom is -0.198 e. The minimum absolute atomic E-state index is 0.0466. The van der Waals surface area contributed by atoms with Crippen molar-refractivity contribution in [1.29, 1.82) is 5.26 Å². The lowest BCUT2D eigenvalue weighted by atomic mass is 9.58. The molecule has 1 atom stereocenters. The maximum Gasteiger partial charge on any atom is 0.0689 e. The number of hydrogen-bond donors (Lipinski definition) is 0. The Morgan fingerprint density at radius 2 is 1.44 bits per heavy atom. The first-order chi connectivity index (χ1) is 16.7. The predicted octanol–water partition coefficient (Wildman–Crippen LogP) is 10.4. The SMILES string of the molecule is CCCCCCCCC1(C2CCC(C#N)(CCCCCC)CC2)C=CC(c2ccccc2)=CC1. The Bertz CT molecular complexity index is 803. The fourth-order valence-electron chi connectivity index (χ4n) is 6.52. The monoisotopic (exact) mass is 459 g/mol. The van der Waals surface area contributed by atoms with E-state index in [2.05, 4.69) is 68.5 Å². The molecule has 0 spiro atoms. The molecule has 1 saturated carbocycles. The summed E-state index contributed by atoms with van der Waals surface area (Å²) in [6.07, 6.45) is 29.1. The van der Waals surface area contributed by atoms with Crippen molar-refractivity contribution in [3.63, 3.8) is 0 Å². The molecule has 1 fully saturated rings. The van der Waals surface area contributed by atoms with Gasteiger partial charge in [0.1, 0.15) is 0 Å². The molecule has 2 aliphatic rings. The number of benzene rings is 1. The number of allylic oxidation sites excluding steroid dienone is 4. The summed E-state index contributed by atoms with van der Waals surface area (Å²) in [5.74, 6) is 0.727. The normalized spacial score (nSPS) is 26.7. The van der Waals surface area contributed by atoms with Crippen LogP contribution >= 0.6 is 0 Å². The molecule has 1 nitrogen and oxygen atoms in total. The van der Waals surface area contributed by atoms with E-state index in [0.717, 1.165) is 25.2 Å². The summed E-state index contributed by atoms with van der Waals surface area (Å²) in [4.78, 5) is 0. The van der Waals surface area contributed by atoms with Crippen molar-refractivity contribution >= 4 is 5.57 Å². The zero-order chi connectivity index (χ0) is 24.1. The van der Waals surface area contributed by atoms with E-state index in [1.807, 2.05) is 0 Å². The first kappa shape index (κ1) is 26.8. The lowest BCUT2D eigenvalue weighted by molar-refractivity contribution is 0.100. The molecule has 0 saturated heterocycles. The molecule has 0 radical (unpaired) electrons. The largest absolute Gasteiger partial charge is 0.198 e. The molecule has 1 unspecified atom stereocenters. The first-order valence-corrected chi connectivity index (χ1v) is 14.5. The van der Waals surface area contributed by atoms with Crippen molar-refractivity contribution in [2.24, 2.45) is 16.7 Å². The molecule has 186 valence electrons. The molecule has 3 rings (SSSR count). The van der Waals surface area contributed by atoms with Crippen LogP contribution in [0, 0.1) is 28.1 Å². The lowest BCUT2D eigenvalue weighted by Crippen LogP contribution is -2.36. The highest BCUT2D eigenvalue weighted by Gasteiger charge is 2.43. The van der Waals surface area contributed by atoms with Gasteiger partial charge in [-0.3, -0.25) is 0 Å². The second kappa shape index (κ2) is 13.9. The van der Waals surface area contributed by atoms with Gasteiger partial charge in [-0.1, -0.05) is 127 Å². The van der Waals surface area contributed by atoms with Crippen LogP contribution in [0.1, 0.15) is 129 Å². The molecule has 1 aromatic rings. The molecule has 34 heavy (non-hydrogen) atoms. The number of hydrogen-bond acceptors (Lipinski definition) is 1. The average Bonchev–Trinajstić information content (AvgIpc) is 2.90. The van der Waals surface area contributed by atoms with Gasteiger partial charge in [0.05, 0.1) is 11.5 Å². The standard InChI is InChI=1S/C33H49N/c1-3-5-7-9-10-15-23-33(26-18-30(19-27-33)29-16-12-11-13-17-29)31-20-24-32(28-34,25-21-31)22-14-8-6-4-2/h11-13,16-19,26,31H,3-10,14-15,20-25,27H2,1-2H3. The molecule has 0 bridgehead atoms. The first-order valence-electron chi connectivity index (χ1n) is 14.5. The van der Waals surface area contributed by atoms with E-state index >= 15 is 0 Å². The van der Waals surface area contributed by atoms with E-state index in [1.165, 1.54) is 101 Å². The van der Waals surface area contributed by atoms with E-state index in [9.17, 15) is 5.26 Å². The second-order valence-corrected chi connectivity index (χ2v) is 11.3. The van der Waals surface area contributed by atoms with Crippen LogP contribution in [0.15, 0.2) is 48.6 Å². The van der Waals surface area contributed by atoms with E-state index in [0.29, 0.717) is 5.41 Å². The maximum absolute atomic E-state index is 10.1. The van der Waals surface area contributed by atoms with Crippen molar-refractivity contribution < 1.29 is 0 Å². The topological polar surface area (TPSA) is 23.8 Å². The smallest absolute Gasteiger partial charge is 0.0689 e. The number of rotatable bonds is 14. The van der Waals surface area contributed by atoms with E-state index in [4.69, 9.17) is 0 Å². The van der Waals surface area contributed by atoms with E-state index in [-0.39, 0.29) is 5.41 Å². The zero-order valence-electron chi connectivity index (χ0n) is 22.2. The summed E-state index contributed by atoms with van der Waals surface area (Å²) in [5, 5.41) is 10.1. The van der Waals surface area contributed by atoms with Crippen LogP contribution in [0.5, 0.6) is 0 Å². The molecular formula is C33H49N. The summed E-state index contributed by atoms with van der Waals surface area (Å²) in [5.41, 5.74) is 2.98. The van der Waals surface area contributed by atoms with Crippen LogP contribution in [0.2, 0.25) is 0 Å². The van der Waals surface area contributed by atoms with Gasteiger partial charge in [-0.2, -0.15) is 5.26 Å². The Hall–Kier alpha value is -1.81. The van der Waals surface area contributed by atoms with Crippen LogP contribution in [0.25, 0.3) is 5.57 Å². The fourth-order valence-corrected chi connectivity index (χ4v) is 6.52. The number of unbranched alkanes of at least 4 members (excludes halogenated alkanes) is 8. The van der Waals surface area contributed by atoms with Gasteiger partial charge >= 0.3 is 0 Å². The highest BCUT2D eigenvalue weighted by molar-refractivity contribution is 5.75. The van der Waals surface area contributed by atoms with Crippen molar-refractivity contribution in [2.75, 3.05) is 0 Å².